The van der Waals surface area contributed by atoms with Crippen molar-refractivity contribution in [3.63, 3.8) is 0 Å². The lowest BCUT2D eigenvalue weighted by Gasteiger charge is -2.10. The van der Waals surface area contributed by atoms with Crippen molar-refractivity contribution >= 4 is 27.2 Å². The van der Waals surface area contributed by atoms with Crippen LogP contribution in [0.2, 0.25) is 0 Å². The molecule has 0 bridgehead atoms. The van der Waals surface area contributed by atoms with E-state index in [0.29, 0.717) is 11.3 Å². The standard InChI is InChI=1S/C16H13BrN2/c1-11-13(8-5-9-15(11)17)16(19)14(10-18)12-6-3-2-4-7-12/h2-9H,19H2,1H3/b16-14+. The minimum absolute atomic E-state index is 0.502. The van der Waals surface area contributed by atoms with Crippen LogP contribution in [0.25, 0.3) is 11.3 Å². The van der Waals surface area contributed by atoms with Gasteiger partial charge in [-0.1, -0.05) is 58.4 Å². The van der Waals surface area contributed by atoms with Crippen molar-refractivity contribution in [1.29, 1.82) is 5.26 Å². The predicted octanol–water partition coefficient (Wildman–Crippen LogP) is 4.11. The van der Waals surface area contributed by atoms with Crippen molar-refractivity contribution in [2.75, 3.05) is 0 Å². The van der Waals surface area contributed by atoms with Crippen molar-refractivity contribution in [3.05, 3.63) is 69.7 Å². The largest absolute Gasteiger partial charge is 0.397 e. The fraction of sp³-hybridized carbons (Fsp3) is 0.0625. The summed E-state index contributed by atoms with van der Waals surface area (Å²) >= 11 is 3.48. The first-order valence-corrected chi connectivity index (χ1v) is 6.65. The molecule has 0 aromatic heterocycles. The molecule has 0 aliphatic heterocycles. The maximum absolute atomic E-state index is 9.37. The molecule has 0 saturated heterocycles. The number of nitrogens with two attached hydrogens (primary N) is 1. The molecule has 94 valence electrons. The molecule has 3 heteroatoms. The molecule has 0 heterocycles. The maximum Gasteiger partial charge on any atom is 0.102 e. The Bertz CT molecular complexity index is 667. The summed E-state index contributed by atoms with van der Waals surface area (Å²) in [6.45, 7) is 1.98. The molecule has 2 aromatic rings. The van der Waals surface area contributed by atoms with Crippen molar-refractivity contribution in [1.82, 2.24) is 0 Å². The number of allylic oxidation sites excluding steroid dienone is 1. The van der Waals surface area contributed by atoms with Gasteiger partial charge in [0, 0.05) is 10.0 Å². The van der Waals surface area contributed by atoms with Crippen LogP contribution in [0.4, 0.5) is 0 Å². The topological polar surface area (TPSA) is 49.8 Å². The van der Waals surface area contributed by atoms with E-state index in [1.165, 1.54) is 0 Å². The van der Waals surface area contributed by atoms with E-state index >= 15 is 0 Å². The first kappa shape index (κ1) is 13.4. The number of benzene rings is 2. The molecule has 0 aliphatic rings. The van der Waals surface area contributed by atoms with Crippen molar-refractivity contribution in [2.24, 2.45) is 5.73 Å². The maximum atomic E-state index is 9.37. The van der Waals surface area contributed by atoms with Gasteiger partial charge in [0.2, 0.25) is 0 Å². The fourth-order valence-corrected chi connectivity index (χ4v) is 2.29. The van der Waals surface area contributed by atoms with E-state index in [1.54, 1.807) is 0 Å². The summed E-state index contributed by atoms with van der Waals surface area (Å²) in [7, 11) is 0. The van der Waals surface area contributed by atoms with E-state index in [1.807, 2.05) is 55.5 Å². The monoisotopic (exact) mass is 312 g/mol. The third-order valence-corrected chi connectivity index (χ3v) is 3.86. The highest BCUT2D eigenvalue weighted by atomic mass is 79.9. The van der Waals surface area contributed by atoms with Crippen LogP contribution < -0.4 is 5.73 Å². The Morgan fingerprint density at radius 2 is 1.79 bits per heavy atom. The molecule has 2 N–H and O–H groups in total. The van der Waals surface area contributed by atoms with E-state index in [-0.39, 0.29) is 0 Å². The predicted molar refractivity (Wildman–Crippen MR) is 81.9 cm³/mol. The number of nitrogens with zero attached hydrogens (tertiary/aromatic N) is 1. The Hall–Kier alpha value is -2.05. The van der Waals surface area contributed by atoms with Crippen LogP contribution in [0, 0.1) is 18.3 Å². The molecule has 0 atom stereocenters. The lowest BCUT2D eigenvalue weighted by Crippen LogP contribution is -2.03. The van der Waals surface area contributed by atoms with Gasteiger partial charge >= 0.3 is 0 Å². The second-order valence-corrected chi connectivity index (χ2v) is 5.03. The van der Waals surface area contributed by atoms with Crippen molar-refractivity contribution < 1.29 is 0 Å². The van der Waals surface area contributed by atoms with Gasteiger partial charge in [-0.25, -0.2) is 0 Å². The molecule has 0 aliphatic carbocycles. The van der Waals surface area contributed by atoms with Crippen LogP contribution in [0.5, 0.6) is 0 Å². The summed E-state index contributed by atoms with van der Waals surface area (Å²) in [6, 6.07) is 17.5. The Labute approximate surface area is 121 Å². The molecule has 0 fully saturated rings. The second-order valence-electron chi connectivity index (χ2n) is 4.18. The number of hydrogen-bond acceptors (Lipinski definition) is 2. The molecule has 0 unspecified atom stereocenters. The Morgan fingerprint density at radius 3 is 2.42 bits per heavy atom. The second kappa shape index (κ2) is 5.73. The first-order valence-electron chi connectivity index (χ1n) is 5.86. The molecule has 2 aromatic carbocycles. The Morgan fingerprint density at radius 1 is 1.11 bits per heavy atom. The molecular formula is C16H13BrN2. The minimum Gasteiger partial charge on any atom is -0.397 e. The molecule has 2 nitrogen and oxygen atoms in total. The summed E-state index contributed by atoms with van der Waals surface area (Å²) in [4.78, 5) is 0. The smallest absolute Gasteiger partial charge is 0.102 e. The van der Waals surface area contributed by atoms with Gasteiger partial charge in [0.1, 0.15) is 6.07 Å². The first-order chi connectivity index (χ1) is 9.15. The molecule has 0 amide bonds. The SMILES string of the molecule is Cc1c(Br)cccc1/C(N)=C(/C#N)c1ccccc1. The highest BCUT2D eigenvalue weighted by molar-refractivity contribution is 9.10. The Balaban J connectivity index is 2.63. The number of hydrogen-bond donors (Lipinski definition) is 1. The fourth-order valence-electron chi connectivity index (χ4n) is 1.92. The molecule has 19 heavy (non-hydrogen) atoms. The number of rotatable bonds is 2. The molecule has 0 saturated carbocycles. The van der Waals surface area contributed by atoms with Crippen LogP contribution in [-0.4, -0.2) is 0 Å². The molecule has 2 rings (SSSR count). The quantitative estimate of drug-likeness (QED) is 0.670. The van der Waals surface area contributed by atoms with Crippen LogP contribution in [0.3, 0.4) is 0 Å². The zero-order valence-electron chi connectivity index (χ0n) is 10.5. The zero-order chi connectivity index (χ0) is 13.8. The third-order valence-electron chi connectivity index (χ3n) is 3.00. The third kappa shape index (κ3) is 2.69. The van der Waals surface area contributed by atoms with Crippen LogP contribution in [-0.2, 0) is 0 Å². The normalized spacial score (nSPS) is 11.6. The molecule has 0 spiro atoms. The summed E-state index contributed by atoms with van der Waals surface area (Å²) < 4.78 is 0.985. The van der Waals surface area contributed by atoms with E-state index in [0.717, 1.165) is 21.2 Å². The van der Waals surface area contributed by atoms with Gasteiger partial charge in [-0.05, 0) is 24.1 Å². The van der Waals surface area contributed by atoms with Gasteiger partial charge in [0.25, 0.3) is 0 Å². The molecule has 0 radical (unpaired) electrons. The van der Waals surface area contributed by atoms with Gasteiger partial charge in [-0.2, -0.15) is 5.26 Å². The summed E-state index contributed by atoms with van der Waals surface area (Å²) in [5.41, 5.74) is 9.95. The number of nitriles is 1. The highest BCUT2D eigenvalue weighted by Gasteiger charge is 2.11. The lowest BCUT2D eigenvalue weighted by atomic mass is 9.98. The van der Waals surface area contributed by atoms with Gasteiger partial charge in [0.15, 0.2) is 0 Å². The lowest BCUT2D eigenvalue weighted by molar-refractivity contribution is 1.36. The van der Waals surface area contributed by atoms with Gasteiger partial charge in [-0.15, -0.1) is 0 Å². The highest BCUT2D eigenvalue weighted by Crippen LogP contribution is 2.27. The van der Waals surface area contributed by atoms with Gasteiger partial charge in [0.05, 0.1) is 11.3 Å². The van der Waals surface area contributed by atoms with E-state index in [4.69, 9.17) is 5.73 Å². The summed E-state index contributed by atoms with van der Waals surface area (Å²) in [6.07, 6.45) is 0. The van der Waals surface area contributed by atoms with Crippen LogP contribution in [0.1, 0.15) is 16.7 Å². The van der Waals surface area contributed by atoms with E-state index < -0.39 is 0 Å². The number of halogens is 1. The minimum atomic E-state index is 0.502. The Kier molecular flexibility index (Phi) is 4.03. The van der Waals surface area contributed by atoms with Gasteiger partial charge < -0.3 is 5.73 Å². The van der Waals surface area contributed by atoms with Crippen LogP contribution in [0.15, 0.2) is 53.0 Å². The van der Waals surface area contributed by atoms with Crippen molar-refractivity contribution in [2.45, 2.75) is 6.92 Å². The zero-order valence-corrected chi connectivity index (χ0v) is 12.1. The summed E-state index contributed by atoms with van der Waals surface area (Å²) in [5.74, 6) is 0. The average molecular weight is 313 g/mol. The van der Waals surface area contributed by atoms with E-state index in [2.05, 4.69) is 22.0 Å². The van der Waals surface area contributed by atoms with E-state index in [9.17, 15) is 5.26 Å². The average Bonchev–Trinajstić information content (AvgIpc) is 2.44. The van der Waals surface area contributed by atoms with Crippen molar-refractivity contribution in [3.8, 4) is 6.07 Å². The van der Waals surface area contributed by atoms with Gasteiger partial charge in [-0.3, -0.25) is 0 Å². The van der Waals surface area contributed by atoms with Crippen LogP contribution >= 0.6 is 15.9 Å². The summed E-state index contributed by atoms with van der Waals surface area (Å²) in [5, 5.41) is 9.37. The molecular weight excluding hydrogens is 300 g/mol.